The zero-order valence-corrected chi connectivity index (χ0v) is 33.1. The van der Waals surface area contributed by atoms with Crippen LogP contribution in [0.25, 0.3) is 11.1 Å². The summed E-state index contributed by atoms with van der Waals surface area (Å²) in [4.78, 5) is 59.4. The molecule has 0 spiro atoms. The monoisotopic (exact) mass is 777 g/mol. The van der Waals surface area contributed by atoms with Crippen LogP contribution in [0.1, 0.15) is 82.9 Å². The highest BCUT2D eigenvalue weighted by Gasteiger charge is 2.47. The second-order valence-electron chi connectivity index (χ2n) is 16.4. The van der Waals surface area contributed by atoms with Crippen molar-refractivity contribution in [3.05, 3.63) is 131 Å². The van der Waals surface area contributed by atoms with E-state index in [0.29, 0.717) is 35.7 Å². The summed E-state index contributed by atoms with van der Waals surface area (Å²) in [6.45, 7) is 9.00. The van der Waals surface area contributed by atoms with Gasteiger partial charge in [0.1, 0.15) is 18.4 Å². The summed E-state index contributed by atoms with van der Waals surface area (Å²) in [7, 11) is 0. The first-order valence-corrected chi connectivity index (χ1v) is 21.0. The maximum atomic E-state index is 13.4. The highest BCUT2D eigenvalue weighted by atomic mass is 16.5. The lowest BCUT2D eigenvalue weighted by Gasteiger charge is -2.39. The summed E-state index contributed by atoms with van der Waals surface area (Å²) in [6, 6.07) is 35.3. The van der Waals surface area contributed by atoms with E-state index in [1.54, 1.807) is 6.07 Å². The van der Waals surface area contributed by atoms with Crippen molar-refractivity contribution in [3.8, 4) is 5.75 Å². The standard InChI is InChI=1S/C48H51N5O5/c1-2-40(33-9-5-3-6-10-33)45(34-11-7-4-8-12-34)35-13-16-39(17-14-35)58-26-25-50-23-21-32(22-24-50)29-51-30-38-27-37(51)31-52(38)36-15-18-41-42(28-36)48(57)53(47(41)56)43-19-20-44(54)49-46(43)55/h3-18,28,32,37-38,43H,2,19-27,29-31H2,1H3,(H,49,54,55). The molecular formula is C48H51N5O5. The highest BCUT2D eigenvalue weighted by Crippen LogP contribution is 2.39. The quantitative estimate of drug-likeness (QED) is 0.128. The number of nitrogens with one attached hydrogen (secondary N) is 1. The Labute approximate surface area is 340 Å². The van der Waals surface area contributed by atoms with Gasteiger partial charge in [-0.05, 0) is 109 Å². The number of piperazine rings is 1. The number of hydrogen-bond acceptors (Lipinski definition) is 8. The molecule has 4 aromatic rings. The number of hydrogen-bond donors (Lipinski definition) is 1. The number of fused-ring (bicyclic) bond motifs is 3. The molecule has 298 valence electrons. The Balaban J connectivity index is 0.742. The van der Waals surface area contributed by atoms with Crippen LogP contribution in [0, 0.1) is 5.92 Å². The van der Waals surface area contributed by atoms with Crippen molar-refractivity contribution in [2.75, 3.05) is 50.8 Å². The number of anilines is 1. The average molecular weight is 778 g/mol. The zero-order chi connectivity index (χ0) is 39.8. The number of piperidine rings is 2. The summed E-state index contributed by atoms with van der Waals surface area (Å²) >= 11 is 0. The summed E-state index contributed by atoms with van der Waals surface area (Å²) in [5, 5.41) is 2.27. The Morgan fingerprint density at radius 2 is 1.43 bits per heavy atom. The van der Waals surface area contributed by atoms with E-state index in [1.165, 1.54) is 40.7 Å². The van der Waals surface area contributed by atoms with Crippen LogP contribution in [0.2, 0.25) is 0 Å². The van der Waals surface area contributed by atoms with Crippen LogP contribution in [0.3, 0.4) is 0 Å². The molecule has 4 amide bonds. The highest BCUT2D eigenvalue weighted by molar-refractivity contribution is 6.23. The van der Waals surface area contributed by atoms with Crippen LogP contribution in [-0.4, -0.2) is 102 Å². The van der Waals surface area contributed by atoms with Gasteiger partial charge in [-0.1, -0.05) is 79.7 Å². The lowest BCUT2D eigenvalue weighted by atomic mass is 9.88. The summed E-state index contributed by atoms with van der Waals surface area (Å²) in [5.41, 5.74) is 7.88. The van der Waals surface area contributed by atoms with E-state index >= 15 is 0 Å². The van der Waals surface area contributed by atoms with Gasteiger partial charge in [-0.2, -0.15) is 0 Å². The molecule has 4 aromatic carbocycles. The number of benzene rings is 4. The Kier molecular flexibility index (Phi) is 10.7. The fraction of sp³-hybridized carbons (Fsp3) is 0.375. The first kappa shape index (κ1) is 38.0. The van der Waals surface area contributed by atoms with Gasteiger partial charge in [0.05, 0.1) is 11.1 Å². The van der Waals surface area contributed by atoms with E-state index in [9.17, 15) is 19.2 Å². The van der Waals surface area contributed by atoms with Gasteiger partial charge in [-0.15, -0.1) is 0 Å². The topological polar surface area (TPSA) is 102 Å². The average Bonchev–Trinajstić information content (AvgIpc) is 3.92. The van der Waals surface area contributed by atoms with Gasteiger partial charge >= 0.3 is 0 Å². The second-order valence-corrected chi connectivity index (χ2v) is 16.4. The molecule has 9 rings (SSSR count). The van der Waals surface area contributed by atoms with Crippen molar-refractivity contribution in [2.45, 2.75) is 63.6 Å². The van der Waals surface area contributed by atoms with Crippen molar-refractivity contribution in [1.82, 2.24) is 20.0 Å². The van der Waals surface area contributed by atoms with Crippen LogP contribution in [0.4, 0.5) is 5.69 Å². The van der Waals surface area contributed by atoms with Crippen molar-refractivity contribution >= 4 is 40.5 Å². The SMILES string of the molecule is CCC(=C(c1ccccc1)c1ccc(OCCN2CCC(CN3CC4CC3CN4c3ccc4c(c3)C(=O)N(C3CCC(=O)NC3=O)C4=O)CC2)cc1)c1ccccc1. The Hall–Kier alpha value is -5.58. The van der Waals surface area contributed by atoms with Crippen LogP contribution >= 0.6 is 0 Å². The van der Waals surface area contributed by atoms with Gasteiger partial charge in [0.25, 0.3) is 11.8 Å². The number of nitrogens with zero attached hydrogens (tertiary/aromatic N) is 4. The first-order valence-electron chi connectivity index (χ1n) is 21.0. The van der Waals surface area contributed by atoms with Crippen molar-refractivity contribution in [2.24, 2.45) is 5.92 Å². The van der Waals surface area contributed by atoms with Gasteiger partial charge in [-0.25, -0.2) is 0 Å². The number of ether oxygens (including phenoxy) is 1. The maximum absolute atomic E-state index is 13.4. The maximum Gasteiger partial charge on any atom is 0.262 e. The predicted octanol–water partition coefficient (Wildman–Crippen LogP) is 6.51. The van der Waals surface area contributed by atoms with E-state index in [2.05, 4.69) is 112 Å². The molecule has 5 heterocycles. The number of amides is 4. The van der Waals surface area contributed by atoms with Gasteiger partial charge in [0.2, 0.25) is 11.8 Å². The van der Waals surface area contributed by atoms with Crippen molar-refractivity contribution < 1.29 is 23.9 Å². The smallest absolute Gasteiger partial charge is 0.262 e. The van der Waals surface area contributed by atoms with Crippen LogP contribution in [0.5, 0.6) is 5.75 Å². The Morgan fingerprint density at radius 3 is 2.10 bits per heavy atom. The largest absolute Gasteiger partial charge is 0.492 e. The van der Waals surface area contributed by atoms with Crippen LogP contribution in [-0.2, 0) is 9.59 Å². The normalized spacial score (nSPS) is 23.0. The van der Waals surface area contributed by atoms with Crippen molar-refractivity contribution in [1.29, 1.82) is 0 Å². The van der Waals surface area contributed by atoms with E-state index in [1.807, 2.05) is 12.1 Å². The van der Waals surface area contributed by atoms with E-state index in [4.69, 9.17) is 4.74 Å². The molecular weight excluding hydrogens is 727 g/mol. The number of likely N-dealkylation sites (tertiary alicyclic amines) is 2. The third-order valence-electron chi connectivity index (χ3n) is 13.0. The van der Waals surface area contributed by atoms with E-state index < -0.39 is 23.8 Å². The second kappa shape index (κ2) is 16.3. The molecule has 4 fully saturated rings. The number of imide groups is 2. The molecule has 0 radical (unpaired) electrons. The summed E-state index contributed by atoms with van der Waals surface area (Å²) in [6.07, 6.45) is 4.67. The molecule has 1 N–H and O–H groups in total. The third-order valence-corrected chi connectivity index (χ3v) is 13.0. The van der Waals surface area contributed by atoms with Crippen LogP contribution in [0.15, 0.2) is 103 Å². The molecule has 0 aliphatic carbocycles. The molecule has 5 aliphatic heterocycles. The number of rotatable bonds is 12. The molecule has 2 bridgehead atoms. The van der Waals surface area contributed by atoms with Gasteiger partial charge in [-0.3, -0.25) is 39.2 Å². The number of carbonyl (C=O) groups is 4. The minimum Gasteiger partial charge on any atom is -0.492 e. The van der Waals surface area contributed by atoms with E-state index in [-0.39, 0.29) is 18.7 Å². The molecule has 3 atom stereocenters. The van der Waals surface area contributed by atoms with Gasteiger partial charge in [0, 0.05) is 50.4 Å². The molecule has 10 nitrogen and oxygen atoms in total. The fourth-order valence-corrected chi connectivity index (χ4v) is 9.95. The van der Waals surface area contributed by atoms with Crippen LogP contribution < -0.4 is 15.0 Å². The molecule has 4 saturated heterocycles. The summed E-state index contributed by atoms with van der Waals surface area (Å²) < 4.78 is 6.28. The number of carbonyl (C=O) groups excluding carboxylic acids is 4. The number of allylic oxidation sites excluding steroid dienone is 1. The first-order chi connectivity index (χ1) is 28.3. The molecule has 5 aliphatic rings. The van der Waals surface area contributed by atoms with E-state index in [0.717, 1.165) is 68.4 Å². The zero-order valence-electron chi connectivity index (χ0n) is 33.1. The lowest BCUT2D eigenvalue weighted by molar-refractivity contribution is -0.136. The van der Waals surface area contributed by atoms with Gasteiger partial charge < -0.3 is 9.64 Å². The molecule has 0 aromatic heterocycles. The fourth-order valence-electron chi connectivity index (χ4n) is 9.95. The summed E-state index contributed by atoms with van der Waals surface area (Å²) in [5.74, 6) is -0.304. The minimum absolute atomic E-state index is 0.109. The Bertz CT molecular complexity index is 2220. The molecule has 3 unspecified atom stereocenters. The van der Waals surface area contributed by atoms with Gasteiger partial charge in [0.15, 0.2) is 0 Å². The van der Waals surface area contributed by atoms with Crippen molar-refractivity contribution in [3.63, 3.8) is 0 Å². The Morgan fingerprint density at radius 1 is 0.741 bits per heavy atom. The third kappa shape index (κ3) is 7.47. The molecule has 10 heteroatoms. The lowest BCUT2D eigenvalue weighted by Crippen LogP contribution is -2.54. The molecule has 58 heavy (non-hydrogen) atoms. The predicted molar refractivity (Wildman–Crippen MR) is 224 cm³/mol. The molecule has 0 saturated carbocycles. The minimum atomic E-state index is -0.953.